The van der Waals surface area contributed by atoms with Gasteiger partial charge in [-0.15, -0.1) is 12.4 Å². The molecule has 25 heavy (non-hydrogen) atoms. The Morgan fingerprint density at radius 1 is 1.00 bits per heavy atom. The summed E-state index contributed by atoms with van der Waals surface area (Å²) in [7, 11) is 0. The number of benzene rings is 2. The van der Waals surface area contributed by atoms with Gasteiger partial charge in [0.25, 0.3) is 0 Å². The molecule has 1 N–H and O–H groups in total. The van der Waals surface area contributed by atoms with Crippen LogP contribution < -0.4 is 0 Å². The van der Waals surface area contributed by atoms with Crippen LogP contribution in [0.25, 0.3) is 0 Å². The predicted molar refractivity (Wildman–Crippen MR) is 107 cm³/mol. The quantitative estimate of drug-likeness (QED) is 0.824. The lowest BCUT2D eigenvalue weighted by atomic mass is 9.76. The molecule has 136 valence electrons. The van der Waals surface area contributed by atoms with Crippen molar-refractivity contribution in [1.82, 2.24) is 4.90 Å². The predicted octanol–water partition coefficient (Wildman–Crippen LogP) is 4.85. The van der Waals surface area contributed by atoms with Gasteiger partial charge in [-0.1, -0.05) is 67.6 Å². The second-order valence-corrected chi connectivity index (χ2v) is 7.76. The van der Waals surface area contributed by atoms with Crippen LogP contribution in [0.3, 0.4) is 0 Å². The van der Waals surface area contributed by atoms with Crippen LogP contribution in [-0.2, 0) is 5.60 Å². The van der Waals surface area contributed by atoms with Crippen LogP contribution in [0.4, 0.5) is 0 Å². The molecule has 2 aromatic rings. The molecule has 2 nitrogen and oxygen atoms in total. The Kier molecular flexibility index (Phi) is 6.31. The lowest BCUT2D eigenvalue weighted by Gasteiger charge is -2.41. The SMILES string of the molecule is CC(CN1CCCC1(C)C)C(O)(c1ccccc1)c1ccccc1.Cl. The highest BCUT2D eigenvalue weighted by Gasteiger charge is 2.41. The molecule has 0 amide bonds. The molecule has 1 saturated heterocycles. The van der Waals surface area contributed by atoms with Gasteiger partial charge in [-0.3, -0.25) is 4.90 Å². The van der Waals surface area contributed by atoms with E-state index in [4.69, 9.17) is 0 Å². The summed E-state index contributed by atoms with van der Waals surface area (Å²) in [4.78, 5) is 2.54. The molecule has 1 aliphatic heterocycles. The molecule has 2 aromatic carbocycles. The normalized spacial score (nSPS) is 18.6. The lowest BCUT2D eigenvalue weighted by Crippen LogP contribution is -2.46. The topological polar surface area (TPSA) is 23.5 Å². The molecule has 3 rings (SSSR count). The first kappa shape index (κ1) is 20.0. The molecule has 1 fully saturated rings. The molecule has 1 unspecified atom stereocenters. The maximum atomic E-state index is 11.8. The van der Waals surface area contributed by atoms with E-state index in [9.17, 15) is 5.11 Å². The molecular formula is C22H30ClNO. The van der Waals surface area contributed by atoms with Crippen molar-refractivity contribution < 1.29 is 5.11 Å². The number of halogens is 1. The first-order chi connectivity index (χ1) is 11.4. The molecule has 1 heterocycles. The number of hydrogen-bond donors (Lipinski definition) is 1. The van der Waals surface area contributed by atoms with Crippen molar-refractivity contribution in [2.75, 3.05) is 13.1 Å². The Balaban J connectivity index is 0.00000225. The highest BCUT2D eigenvalue weighted by molar-refractivity contribution is 5.85. The van der Waals surface area contributed by atoms with Crippen LogP contribution >= 0.6 is 12.4 Å². The van der Waals surface area contributed by atoms with Gasteiger partial charge in [0.15, 0.2) is 0 Å². The summed E-state index contributed by atoms with van der Waals surface area (Å²) >= 11 is 0. The average Bonchev–Trinajstić information content (AvgIpc) is 2.94. The van der Waals surface area contributed by atoms with Gasteiger partial charge in [0.2, 0.25) is 0 Å². The molecule has 0 aromatic heterocycles. The zero-order valence-corrected chi connectivity index (χ0v) is 16.3. The minimum absolute atomic E-state index is 0. The van der Waals surface area contributed by atoms with E-state index < -0.39 is 5.60 Å². The van der Waals surface area contributed by atoms with E-state index in [0.717, 1.165) is 24.2 Å². The smallest absolute Gasteiger partial charge is 0.118 e. The van der Waals surface area contributed by atoms with Crippen LogP contribution in [0.5, 0.6) is 0 Å². The third kappa shape index (κ3) is 3.92. The van der Waals surface area contributed by atoms with Gasteiger partial charge in [-0.2, -0.15) is 0 Å². The van der Waals surface area contributed by atoms with Crippen molar-refractivity contribution in [1.29, 1.82) is 0 Å². The van der Waals surface area contributed by atoms with E-state index in [-0.39, 0.29) is 23.9 Å². The second-order valence-electron chi connectivity index (χ2n) is 7.76. The minimum atomic E-state index is -0.971. The van der Waals surface area contributed by atoms with E-state index in [0.29, 0.717) is 0 Å². The maximum Gasteiger partial charge on any atom is 0.118 e. The fraction of sp³-hybridized carbons (Fsp3) is 0.455. The van der Waals surface area contributed by atoms with Gasteiger partial charge < -0.3 is 5.11 Å². The Hall–Kier alpha value is -1.35. The maximum absolute atomic E-state index is 11.8. The Morgan fingerprint density at radius 3 is 1.88 bits per heavy atom. The van der Waals surface area contributed by atoms with Gasteiger partial charge in [0.05, 0.1) is 0 Å². The van der Waals surface area contributed by atoms with Crippen LogP contribution in [0.2, 0.25) is 0 Å². The van der Waals surface area contributed by atoms with Gasteiger partial charge in [-0.05, 0) is 44.4 Å². The zero-order valence-electron chi connectivity index (χ0n) is 15.5. The lowest BCUT2D eigenvalue weighted by molar-refractivity contribution is -0.00166. The van der Waals surface area contributed by atoms with E-state index in [1.807, 2.05) is 60.7 Å². The molecule has 0 aliphatic carbocycles. The van der Waals surface area contributed by atoms with Crippen molar-refractivity contribution in [3.63, 3.8) is 0 Å². The van der Waals surface area contributed by atoms with E-state index in [2.05, 4.69) is 25.7 Å². The number of rotatable bonds is 5. The molecule has 0 radical (unpaired) electrons. The summed E-state index contributed by atoms with van der Waals surface area (Å²) in [5, 5.41) is 11.8. The van der Waals surface area contributed by atoms with Gasteiger partial charge >= 0.3 is 0 Å². The molecule has 1 aliphatic rings. The van der Waals surface area contributed by atoms with Crippen LogP contribution in [-0.4, -0.2) is 28.6 Å². The van der Waals surface area contributed by atoms with Crippen LogP contribution in [0, 0.1) is 5.92 Å². The van der Waals surface area contributed by atoms with E-state index in [1.165, 1.54) is 12.8 Å². The third-order valence-corrected chi connectivity index (χ3v) is 5.71. The number of nitrogens with zero attached hydrogens (tertiary/aromatic N) is 1. The monoisotopic (exact) mass is 359 g/mol. The first-order valence-corrected chi connectivity index (χ1v) is 9.03. The van der Waals surface area contributed by atoms with Crippen molar-refractivity contribution >= 4 is 12.4 Å². The van der Waals surface area contributed by atoms with E-state index >= 15 is 0 Å². The molecule has 0 bridgehead atoms. The van der Waals surface area contributed by atoms with Crippen molar-refractivity contribution in [2.24, 2.45) is 5.92 Å². The first-order valence-electron chi connectivity index (χ1n) is 9.03. The summed E-state index contributed by atoms with van der Waals surface area (Å²) in [5.41, 5.74) is 1.20. The van der Waals surface area contributed by atoms with Crippen molar-refractivity contribution in [2.45, 2.75) is 44.8 Å². The molecule has 0 spiro atoms. The fourth-order valence-corrected chi connectivity index (χ4v) is 4.08. The van der Waals surface area contributed by atoms with Crippen molar-refractivity contribution in [3.05, 3.63) is 71.8 Å². The average molecular weight is 360 g/mol. The number of likely N-dealkylation sites (tertiary alicyclic amines) is 1. The van der Waals surface area contributed by atoms with Crippen LogP contribution in [0.15, 0.2) is 60.7 Å². The minimum Gasteiger partial charge on any atom is -0.380 e. The number of hydrogen-bond acceptors (Lipinski definition) is 2. The zero-order chi connectivity index (χ0) is 17.2. The molecule has 3 heteroatoms. The highest BCUT2D eigenvalue weighted by Crippen LogP contribution is 2.39. The Bertz CT molecular complexity index is 617. The van der Waals surface area contributed by atoms with Gasteiger partial charge in [-0.25, -0.2) is 0 Å². The molecule has 0 saturated carbocycles. The summed E-state index contributed by atoms with van der Waals surface area (Å²) < 4.78 is 0. The summed E-state index contributed by atoms with van der Waals surface area (Å²) in [5.74, 6) is 0.0969. The summed E-state index contributed by atoms with van der Waals surface area (Å²) in [6.07, 6.45) is 2.48. The third-order valence-electron chi connectivity index (χ3n) is 5.71. The molecule has 1 atom stereocenters. The van der Waals surface area contributed by atoms with Gasteiger partial charge in [0.1, 0.15) is 5.60 Å². The van der Waals surface area contributed by atoms with Crippen molar-refractivity contribution in [3.8, 4) is 0 Å². The highest BCUT2D eigenvalue weighted by atomic mass is 35.5. The molecular weight excluding hydrogens is 330 g/mol. The fourth-order valence-electron chi connectivity index (χ4n) is 4.08. The van der Waals surface area contributed by atoms with Crippen LogP contribution in [0.1, 0.15) is 44.7 Å². The Morgan fingerprint density at radius 2 is 1.48 bits per heavy atom. The largest absolute Gasteiger partial charge is 0.380 e. The second kappa shape index (κ2) is 7.90. The summed E-state index contributed by atoms with van der Waals surface area (Å²) in [6.45, 7) is 8.83. The van der Waals surface area contributed by atoms with E-state index in [1.54, 1.807) is 0 Å². The summed E-state index contributed by atoms with van der Waals surface area (Å²) in [6, 6.07) is 20.2. The Labute approximate surface area is 158 Å². The van der Waals surface area contributed by atoms with Gasteiger partial charge in [0, 0.05) is 18.0 Å². The number of aliphatic hydroxyl groups is 1. The standard InChI is InChI=1S/C22H29NO.ClH/c1-18(17-23-16-10-15-21(23,2)3)22(24,19-11-6-4-7-12-19)20-13-8-5-9-14-20;/h4-9,11-14,18,24H,10,15-17H2,1-3H3;1H.